The second-order valence-electron chi connectivity index (χ2n) is 5.70. The van der Waals surface area contributed by atoms with E-state index in [-0.39, 0.29) is 12.0 Å². The molecular weight excluding hydrogens is 264 g/mol. The van der Waals surface area contributed by atoms with Crippen LogP contribution in [0.2, 0.25) is 0 Å². The summed E-state index contributed by atoms with van der Waals surface area (Å²) in [5.74, 6) is 1.12. The molecule has 1 aromatic rings. The van der Waals surface area contributed by atoms with E-state index in [9.17, 15) is 4.79 Å². The summed E-state index contributed by atoms with van der Waals surface area (Å²) < 4.78 is 5.95. The van der Waals surface area contributed by atoms with Crippen molar-refractivity contribution < 1.29 is 9.53 Å². The van der Waals surface area contributed by atoms with Crippen molar-refractivity contribution in [2.45, 2.75) is 45.3 Å². The number of ether oxygens (including phenoxy) is 1. The number of piperidine rings is 1. The second-order valence-corrected chi connectivity index (χ2v) is 5.70. The number of hydrogen-bond donors (Lipinski definition) is 1. The van der Waals surface area contributed by atoms with Crippen LogP contribution in [0.3, 0.4) is 0 Å². The van der Waals surface area contributed by atoms with Crippen LogP contribution in [0.25, 0.3) is 0 Å². The fourth-order valence-corrected chi connectivity index (χ4v) is 2.43. The van der Waals surface area contributed by atoms with E-state index in [1.54, 1.807) is 0 Å². The third-order valence-electron chi connectivity index (χ3n) is 4.05. The van der Waals surface area contributed by atoms with Gasteiger partial charge in [0.25, 0.3) is 0 Å². The van der Waals surface area contributed by atoms with E-state index in [2.05, 4.69) is 19.2 Å². The van der Waals surface area contributed by atoms with Crippen molar-refractivity contribution in [1.82, 2.24) is 10.2 Å². The van der Waals surface area contributed by atoms with E-state index >= 15 is 0 Å². The van der Waals surface area contributed by atoms with Crippen LogP contribution in [0.1, 0.15) is 33.1 Å². The molecule has 0 bridgehead atoms. The summed E-state index contributed by atoms with van der Waals surface area (Å²) in [7, 11) is 0. The van der Waals surface area contributed by atoms with Gasteiger partial charge in [0.2, 0.25) is 5.91 Å². The van der Waals surface area contributed by atoms with Crippen LogP contribution >= 0.6 is 0 Å². The van der Waals surface area contributed by atoms with Crippen LogP contribution in [0, 0.1) is 0 Å². The molecule has 2 rings (SSSR count). The monoisotopic (exact) mass is 290 g/mol. The van der Waals surface area contributed by atoms with Gasteiger partial charge >= 0.3 is 0 Å². The summed E-state index contributed by atoms with van der Waals surface area (Å²) >= 11 is 0. The Labute approximate surface area is 127 Å². The molecular formula is C17H26N2O2. The van der Waals surface area contributed by atoms with E-state index in [1.165, 1.54) is 0 Å². The summed E-state index contributed by atoms with van der Waals surface area (Å²) in [5, 5.41) is 3.26. The molecule has 1 saturated heterocycles. The normalized spacial score (nSPS) is 17.5. The Balaban J connectivity index is 1.71. The third-order valence-corrected chi connectivity index (χ3v) is 4.05. The molecule has 0 aliphatic carbocycles. The van der Waals surface area contributed by atoms with Gasteiger partial charge in [0, 0.05) is 32.0 Å². The number of nitrogens with one attached hydrogen (secondary N) is 1. The van der Waals surface area contributed by atoms with Crippen LogP contribution in [0.5, 0.6) is 5.75 Å². The number of para-hydroxylation sites is 1. The molecule has 4 heteroatoms. The molecule has 1 aliphatic rings. The number of carbonyl (C=O) groups excluding carboxylic acids is 1. The number of nitrogens with zero attached hydrogens (tertiary/aromatic N) is 1. The highest BCUT2D eigenvalue weighted by atomic mass is 16.5. The summed E-state index contributed by atoms with van der Waals surface area (Å²) in [6, 6.07) is 10.3. The molecule has 1 aromatic carbocycles. The minimum atomic E-state index is 0.202. The number of benzene rings is 1. The standard InChI is InChI=1S/C17H26N2O2/c1-3-14(2)18-13-17(20)19-11-9-16(10-12-19)21-15-7-5-4-6-8-15/h4-8,14,16,18H,3,9-13H2,1-2H3. The summed E-state index contributed by atoms with van der Waals surface area (Å²) in [4.78, 5) is 14.1. The molecule has 1 unspecified atom stereocenters. The van der Waals surface area contributed by atoms with E-state index in [4.69, 9.17) is 4.74 Å². The molecule has 1 aliphatic heterocycles. The SMILES string of the molecule is CCC(C)NCC(=O)N1CCC(Oc2ccccc2)CC1. The number of amides is 1. The van der Waals surface area contributed by atoms with Gasteiger partial charge in [-0.15, -0.1) is 0 Å². The minimum absolute atomic E-state index is 0.202. The molecule has 21 heavy (non-hydrogen) atoms. The lowest BCUT2D eigenvalue weighted by molar-refractivity contribution is -0.132. The fraction of sp³-hybridized carbons (Fsp3) is 0.588. The minimum Gasteiger partial charge on any atom is -0.490 e. The summed E-state index contributed by atoms with van der Waals surface area (Å²) in [5.41, 5.74) is 0. The molecule has 0 radical (unpaired) electrons. The summed E-state index contributed by atoms with van der Waals surface area (Å²) in [6.07, 6.45) is 3.08. The molecule has 1 N–H and O–H groups in total. The van der Waals surface area contributed by atoms with Crippen molar-refractivity contribution >= 4 is 5.91 Å². The van der Waals surface area contributed by atoms with Crippen molar-refractivity contribution in [1.29, 1.82) is 0 Å². The van der Waals surface area contributed by atoms with Gasteiger partial charge in [-0.25, -0.2) is 0 Å². The Morgan fingerprint density at radius 3 is 2.62 bits per heavy atom. The van der Waals surface area contributed by atoms with Crippen LogP contribution in [-0.2, 0) is 4.79 Å². The van der Waals surface area contributed by atoms with Gasteiger partial charge in [-0.1, -0.05) is 25.1 Å². The van der Waals surface area contributed by atoms with Crippen molar-refractivity contribution in [2.24, 2.45) is 0 Å². The van der Waals surface area contributed by atoms with Crippen LogP contribution < -0.4 is 10.1 Å². The molecule has 116 valence electrons. The Bertz CT molecular complexity index is 428. The smallest absolute Gasteiger partial charge is 0.236 e. The maximum absolute atomic E-state index is 12.1. The van der Waals surface area contributed by atoms with Gasteiger partial charge in [-0.05, 0) is 25.5 Å². The predicted molar refractivity (Wildman–Crippen MR) is 84.4 cm³/mol. The van der Waals surface area contributed by atoms with Gasteiger partial charge in [-0.3, -0.25) is 4.79 Å². The lowest BCUT2D eigenvalue weighted by Gasteiger charge is -2.32. The highest BCUT2D eigenvalue weighted by molar-refractivity contribution is 5.78. The van der Waals surface area contributed by atoms with E-state index in [0.717, 1.165) is 38.1 Å². The van der Waals surface area contributed by atoms with Crippen LogP contribution in [0.4, 0.5) is 0 Å². The van der Waals surface area contributed by atoms with Gasteiger partial charge in [0.1, 0.15) is 11.9 Å². The maximum Gasteiger partial charge on any atom is 0.236 e. The molecule has 0 aromatic heterocycles. The Morgan fingerprint density at radius 2 is 2.00 bits per heavy atom. The second kappa shape index (κ2) is 8.03. The Hall–Kier alpha value is -1.55. The zero-order valence-electron chi connectivity index (χ0n) is 13.0. The molecule has 1 fully saturated rings. The quantitative estimate of drug-likeness (QED) is 0.875. The van der Waals surface area contributed by atoms with Crippen LogP contribution in [-0.4, -0.2) is 42.6 Å². The fourth-order valence-electron chi connectivity index (χ4n) is 2.43. The van der Waals surface area contributed by atoms with Crippen molar-refractivity contribution in [3.8, 4) is 5.75 Å². The first kappa shape index (κ1) is 15.8. The lowest BCUT2D eigenvalue weighted by atomic mass is 10.1. The van der Waals surface area contributed by atoms with E-state index < -0.39 is 0 Å². The topological polar surface area (TPSA) is 41.6 Å². The number of likely N-dealkylation sites (tertiary alicyclic amines) is 1. The molecule has 1 atom stereocenters. The van der Waals surface area contributed by atoms with Gasteiger partial charge in [0.05, 0.1) is 6.54 Å². The molecule has 0 spiro atoms. The number of carbonyl (C=O) groups is 1. The first-order chi connectivity index (χ1) is 10.2. The van der Waals surface area contributed by atoms with Gasteiger partial charge in [-0.2, -0.15) is 0 Å². The summed E-state index contributed by atoms with van der Waals surface area (Å²) in [6.45, 7) is 6.25. The van der Waals surface area contributed by atoms with Crippen molar-refractivity contribution in [2.75, 3.05) is 19.6 Å². The average Bonchev–Trinajstić information content (AvgIpc) is 2.54. The Morgan fingerprint density at radius 1 is 1.33 bits per heavy atom. The van der Waals surface area contributed by atoms with Crippen LogP contribution in [0.15, 0.2) is 30.3 Å². The molecule has 4 nitrogen and oxygen atoms in total. The largest absolute Gasteiger partial charge is 0.490 e. The Kier molecular flexibility index (Phi) is 6.05. The third kappa shape index (κ3) is 5.05. The zero-order valence-corrected chi connectivity index (χ0v) is 13.0. The molecule has 1 heterocycles. The lowest BCUT2D eigenvalue weighted by Crippen LogP contribution is -2.46. The van der Waals surface area contributed by atoms with Gasteiger partial charge < -0.3 is 15.0 Å². The molecule has 0 saturated carbocycles. The maximum atomic E-state index is 12.1. The number of hydrogen-bond acceptors (Lipinski definition) is 3. The van der Waals surface area contributed by atoms with Crippen molar-refractivity contribution in [3.05, 3.63) is 30.3 Å². The van der Waals surface area contributed by atoms with Gasteiger partial charge in [0.15, 0.2) is 0 Å². The molecule has 1 amide bonds. The average molecular weight is 290 g/mol. The highest BCUT2D eigenvalue weighted by Crippen LogP contribution is 2.18. The zero-order chi connectivity index (χ0) is 15.1. The first-order valence-electron chi connectivity index (χ1n) is 7.92. The highest BCUT2D eigenvalue weighted by Gasteiger charge is 2.23. The van der Waals surface area contributed by atoms with Crippen molar-refractivity contribution in [3.63, 3.8) is 0 Å². The predicted octanol–water partition coefficient (Wildman–Crippen LogP) is 2.44. The van der Waals surface area contributed by atoms with E-state index in [1.807, 2.05) is 35.2 Å². The first-order valence-corrected chi connectivity index (χ1v) is 7.92. The van der Waals surface area contributed by atoms with E-state index in [0.29, 0.717) is 12.6 Å². The number of rotatable bonds is 6.